The van der Waals surface area contributed by atoms with Gasteiger partial charge in [-0.2, -0.15) is 0 Å². The van der Waals surface area contributed by atoms with E-state index < -0.39 is 10.5 Å². The van der Waals surface area contributed by atoms with Crippen molar-refractivity contribution in [1.82, 2.24) is 14.9 Å². The third-order valence-electron chi connectivity index (χ3n) is 5.17. The Kier molecular flexibility index (Phi) is 7.36. The first-order valence-electron chi connectivity index (χ1n) is 10.6. The summed E-state index contributed by atoms with van der Waals surface area (Å²) in [5, 5.41) is 15.6. The number of anilines is 2. The fourth-order valence-corrected chi connectivity index (χ4v) is 3.50. The maximum atomic E-state index is 11.8. The van der Waals surface area contributed by atoms with Crippen LogP contribution in [0.2, 0.25) is 0 Å². The van der Waals surface area contributed by atoms with E-state index in [1.54, 1.807) is 6.07 Å². The van der Waals surface area contributed by atoms with Gasteiger partial charge >= 0.3 is 0 Å². The summed E-state index contributed by atoms with van der Waals surface area (Å²) in [5.41, 5.74) is 6.94. The van der Waals surface area contributed by atoms with Gasteiger partial charge in [0.2, 0.25) is 0 Å². The van der Waals surface area contributed by atoms with E-state index in [9.17, 15) is 10.1 Å². The largest absolute Gasteiger partial charge is 0.340 e. The van der Waals surface area contributed by atoms with E-state index in [4.69, 9.17) is 5.73 Å². The quantitative estimate of drug-likeness (QED) is 0.313. The highest BCUT2D eigenvalue weighted by Crippen LogP contribution is 2.29. The molecule has 32 heavy (non-hydrogen) atoms. The van der Waals surface area contributed by atoms with Gasteiger partial charge in [0.05, 0.1) is 16.0 Å². The van der Waals surface area contributed by atoms with E-state index >= 15 is 0 Å². The summed E-state index contributed by atoms with van der Waals surface area (Å²) in [6.45, 7) is 8.18. The van der Waals surface area contributed by atoms with E-state index in [0.717, 1.165) is 18.7 Å². The lowest BCUT2D eigenvalue weighted by Crippen LogP contribution is -2.45. The number of nitrogens with zero attached hydrogens (tertiary/aromatic N) is 4. The number of fused-ring (bicyclic) bond motifs is 1. The van der Waals surface area contributed by atoms with Crippen molar-refractivity contribution in [3.63, 3.8) is 0 Å². The lowest BCUT2D eigenvalue weighted by Gasteiger charge is -2.34. The maximum Gasteiger partial charge on any atom is 0.285 e. The Labute approximate surface area is 188 Å². The third-order valence-corrected chi connectivity index (χ3v) is 5.17. The Bertz CT molecular complexity index is 1150. The second kappa shape index (κ2) is 10.2. The first-order chi connectivity index (χ1) is 15.4. The number of nitro benzene ring substituents is 1. The molecule has 0 fully saturated rings. The van der Waals surface area contributed by atoms with Crippen LogP contribution in [0.15, 0.2) is 48.8 Å². The van der Waals surface area contributed by atoms with E-state index in [1.165, 1.54) is 12.4 Å². The molecule has 0 radical (unpaired) electrons. The molecule has 2 aromatic carbocycles. The fourth-order valence-electron chi connectivity index (χ4n) is 3.50. The first kappa shape index (κ1) is 23.1. The van der Waals surface area contributed by atoms with Gasteiger partial charge in [0.1, 0.15) is 17.7 Å². The molecule has 0 saturated heterocycles. The molecule has 0 aliphatic carbocycles. The van der Waals surface area contributed by atoms with E-state index in [-0.39, 0.29) is 5.69 Å². The van der Waals surface area contributed by atoms with Gasteiger partial charge in [0.15, 0.2) is 0 Å². The molecule has 8 nitrogen and oxygen atoms in total. The summed E-state index contributed by atoms with van der Waals surface area (Å²) in [6.07, 6.45) is 2.40. The molecule has 0 atom stereocenters. The highest BCUT2D eigenvalue weighted by atomic mass is 16.6. The van der Waals surface area contributed by atoms with Gasteiger partial charge < -0.3 is 11.1 Å². The zero-order valence-electron chi connectivity index (χ0n) is 18.6. The molecule has 0 saturated carbocycles. The average Bonchev–Trinajstić information content (AvgIpc) is 2.78. The van der Waals surface area contributed by atoms with Crippen LogP contribution >= 0.6 is 0 Å². The molecule has 3 rings (SSSR count). The van der Waals surface area contributed by atoms with Gasteiger partial charge in [-0.15, -0.1) is 0 Å². The second-order valence-corrected chi connectivity index (χ2v) is 7.94. The van der Waals surface area contributed by atoms with Crippen molar-refractivity contribution in [2.24, 2.45) is 5.73 Å². The Morgan fingerprint density at radius 3 is 2.59 bits per heavy atom. The fraction of sp³-hybridized carbons (Fsp3) is 0.333. The van der Waals surface area contributed by atoms with E-state index in [2.05, 4.69) is 38.9 Å². The molecule has 0 amide bonds. The number of nitrogens with two attached hydrogens (primary N) is 1. The van der Waals surface area contributed by atoms with Gasteiger partial charge in [-0.05, 0) is 45.0 Å². The van der Waals surface area contributed by atoms with Crippen LogP contribution in [0.4, 0.5) is 17.2 Å². The summed E-state index contributed by atoms with van der Waals surface area (Å²) >= 11 is 0. The minimum absolute atomic E-state index is 0.0763. The second-order valence-electron chi connectivity index (χ2n) is 7.94. The number of benzene rings is 2. The Morgan fingerprint density at radius 1 is 1.19 bits per heavy atom. The van der Waals surface area contributed by atoms with Crippen LogP contribution in [0.5, 0.6) is 0 Å². The Hall–Kier alpha value is -3.54. The maximum absolute atomic E-state index is 11.8. The van der Waals surface area contributed by atoms with Gasteiger partial charge in [-0.1, -0.05) is 37.0 Å². The van der Waals surface area contributed by atoms with Crippen LogP contribution in [0.3, 0.4) is 0 Å². The molecule has 3 aromatic rings. The number of nitro groups is 1. The SMILES string of the molecule is CCCN(CCN)C(C)(C)C#Cc1cc2ncnc(Nc3ccccc3)c2cc1[N+](=O)[O-]. The highest BCUT2D eigenvalue weighted by molar-refractivity contribution is 5.93. The molecule has 3 N–H and O–H groups in total. The van der Waals surface area contributed by atoms with Crippen molar-refractivity contribution >= 4 is 28.1 Å². The first-order valence-corrected chi connectivity index (χ1v) is 10.6. The van der Waals surface area contributed by atoms with Crippen molar-refractivity contribution in [1.29, 1.82) is 0 Å². The number of hydrogen-bond acceptors (Lipinski definition) is 7. The van der Waals surface area contributed by atoms with Crippen LogP contribution in [0.1, 0.15) is 32.8 Å². The van der Waals surface area contributed by atoms with E-state index in [0.29, 0.717) is 35.4 Å². The average molecular weight is 433 g/mol. The molecular weight excluding hydrogens is 404 g/mol. The van der Waals surface area contributed by atoms with Crippen LogP contribution in [0, 0.1) is 22.0 Å². The predicted molar refractivity (Wildman–Crippen MR) is 128 cm³/mol. The van der Waals surface area contributed by atoms with Crippen molar-refractivity contribution in [2.75, 3.05) is 25.0 Å². The molecule has 0 aliphatic rings. The molecule has 0 bridgehead atoms. The van der Waals surface area contributed by atoms with Crippen LogP contribution in [-0.4, -0.2) is 45.0 Å². The van der Waals surface area contributed by atoms with Crippen LogP contribution < -0.4 is 11.1 Å². The topological polar surface area (TPSA) is 110 Å². The summed E-state index contributed by atoms with van der Waals surface area (Å²) in [7, 11) is 0. The summed E-state index contributed by atoms with van der Waals surface area (Å²) < 4.78 is 0. The Balaban J connectivity index is 2.05. The lowest BCUT2D eigenvalue weighted by molar-refractivity contribution is -0.385. The molecule has 0 aliphatic heterocycles. The predicted octanol–water partition coefficient (Wildman–Crippen LogP) is 4.08. The smallest absolute Gasteiger partial charge is 0.285 e. The lowest BCUT2D eigenvalue weighted by atomic mass is 10.0. The minimum atomic E-state index is -0.482. The van der Waals surface area contributed by atoms with Gasteiger partial charge in [0.25, 0.3) is 5.69 Å². The highest BCUT2D eigenvalue weighted by Gasteiger charge is 2.24. The monoisotopic (exact) mass is 432 g/mol. The molecule has 1 aromatic heterocycles. The zero-order valence-corrected chi connectivity index (χ0v) is 18.6. The van der Waals surface area contributed by atoms with Crippen LogP contribution in [-0.2, 0) is 0 Å². The molecule has 8 heteroatoms. The Morgan fingerprint density at radius 2 is 1.94 bits per heavy atom. The van der Waals surface area contributed by atoms with Crippen molar-refractivity contribution in [3.8, 4) is 11.8 Å². The van der Waals surface area contributed by atoms with Gasteiger partial charge in [-0.25, -0.2) is 9.97 Å². The van der Waals surface area contributed by atoms with Crippen LogP contribution in [0.25, 0.3) is 10.9 Å². The zero-order chi connectivity index (χ0) is 23.1. The standard InChI is InChI=1S/C24H28N6O2/c1-4-13-29(14-12-25)24(2,3)11-10-18-15-21-20(16-22(18)30(31)32)23(27-17-26-21)28-19-8-6-5-7-9-19/h5-9,15-17H,4,12-14,25H2,1-3H3,(H,26,27,28). The number of rotatable bonds is 8. The minimum Gasteiger partial charge on any atom is -0.340 e. The molecular formula is C24H28N6O2. The number of aromatic nitrogens is 2. The summed E-state index contributed by atoms with van der Waals surface area (Å²) in [6, 6.07) is 12.6. The van der Waals surface area contributed by atoms with E-state index in [1.807, 2.05) is 44.2 Å². The van der Waals surface area contributed by atoms with Gasteiger partial charge in [-0.3, -0.25) is 15.0 Å². The van der Waals surface area contributed by atoms with Crippen molar-refractivity contribution in [2.45, 2.75) is 32.7 Å². The number of nitrogens with one attached hydrogen (secondary N) is 1. The molecule has 0 spiro atoms. The van der Waals surface area contributed by atoms with Crippen molar-refractivity contribution < 1.29 is 4.92 Å². The van der Waals surface area contributed by atoms with Gasteiger partial charge in [0, 0.05) is 30.2 Å². The normalized spacial score (nSPS) is 11.3. The third kappa shape index (κ3) is 5.38. The number of para-hydroxylation sites is 1. The molecule has 1 heterocycles. The molecule has 166 valence electrons. The number of hydrogen-bond donors (Lipinski definition) is 2. The summed E-state index contributed by atoms with van der Waals surface area (Å²) in [4.78, 5) is 22.2. The molecule has 0 unspecified atom stereocenters. The van der Waals surface area contributed by atoms with Crippen molar-refractivity contribution in [3.05, 3.63) is 64.5 Å². The summed E-state index contributed by atoms with van der Waals surface area (Å²) in [5.74, 6) is 6.76.